The number of nitrogens with one attached hydrogen (secondary N) is 2. The molecule has 2 rings (SSSR count). The molecule has 6 heteroatoms. The van der Waals surface area contributed by atoms with Crippen LogP contribution in [0.3, 0.4) is 0 Å². The van der Waals surface area contributed by atoms with E-state index in [4.69, 9.17) is 11.0 Å². The third-order valence-electron chi connectivity index (χ3n) is 3.92. The van der Waals surface area contributed by atoms with Gasteiger partial charge in [-0.1, -0.05) is 12.8 Å². The maximum Gasteiger partial charge on any atom is 0.223 e. The Labute approximate surface area is 113 Å². The minimum Gasteiger partial charge on any atom is -0.377 e. The van der Waals surface area contributed by atoms with Crippen LogP contribution in [0.4, 0.5) is 0 Å². The van der Waals surface area contributed by atoms with Crippen molar-refractivity contribution in [3.8, 4) is 6.07 Å². The normalized spacial score (nSPS) is 27.4. The lowest BCUT2D eigenvalue weighted by atomic mass is 9.98. The SMILES string of the molecule is N#C[C@H](C[C@@H]1CCNC1=O)N[C@H](O)[C@@H](N)CC1CC1. The lowest BCUT2D eigenvalue weighted by Gasteiger charge is -2.23. The van der Waals surface area contributed by atoms with Crippen LogP contribution in [0.5, 0.6) is 0 Å². The van der Waals surface area contributed by atoms with E-state index in [0.29, 0.717) is 18.9 Å². The molecule has 0 aromatic heterocycles. The van der Waals surface area contributed by atoms with Crippen LogP contribution in [0.2, 0.25) is 0 Å². The van der Waals surface area contributed by atoms with Gasteiger partial charge in [0.15, 0.2) is 0 Å². The van der Waals surface area contributed by atoms with Crippen LogP contribution >= 0.6 is 0 Å². The predicted octanol–water partition coefficient (Wildman–Crippen LogP) is -0.560. The average molecular weight is 266 g/mol. The van der Waals surface area contributed by atoms with Crippen molar-refractivity contribution in [2.24, 2.45) is 17.6 Å². The largest absolute Gasteiger partial charge is 0.377 e. The van der Waals surface area contributed by atoms with Crippen molar-refractivity contribution in [2.45, 2.75) is 50.4 Å². The van der Waals surface area contributed by atoms with Gasteiger partial charge in [0.05, 0.1) is 12.1 Å². The first-order chi connectivity index (χ1) is 9.10. The summed E-state index contributed by atoms with van der Waals surface area (Å²) in [6.07, 6.45) is 3.46. The number of nitrogens with zero attached hydrogens (tertiary/aromatic N) is 1. The Kier molecular flexibility index (Phi) is 4.75. The molecular formula is C13H22N4O2. The summed E-state index contributed by atoms with van der Waals surface area (Å²) >= 11 is 0. The van der Waals surface area contributed by atoms with Crippen molar-refractivity contribution in [3.05, 3.63) is 0 Å². The van der Waals surface area contributed by atoms with E-state index < -0.39 is 12.3 Å². The van der Waals surface area contributed by atoms with Crippen molar-refractivity contribution in [1.29, 1.82) is 5.26 Å². The Balaban J connectivity index is 1.77. The number of hydrogen-bond acceptors (Lipinski definition) is 5. The zero-order valence-corrected chi connectivity index (χ0v) is 11.0. The molecule has 1 saturated heterocycles. The second-order valence-electron chi connectivity index (χ2n) is 5.65. The lowest BCUT2D eigenvalue weighted by Crippen LogP contribution is -2.49. The van der Waals surface area contributed by atoms with E-state index >= 15 is 0 Å². The first-order valence-electron chi connectivity index (χ1n) is 6.97. The molecule has 0 aromatic rings. The summed E-state index contributed by atoms with van der Waals surface area (Å²) in [5.74, 6) is 0.496. The highest BCUT2D eigenvalue weighted by atomic mass is 16.3. The molecular weight excluding hydrogens is 244 g/mol. The summed E-state index contributed by atoms with van der Waals surface area (Å²) in [4.78, 5) is 11.5. The van der Waals surface area contributed by atoms with Gasteiger partial charge in [0.1, 0.15) is 6.23 Å². The summed E-state index contributed by atoms with van der Waals surface area (Å²) in [5, 5.41) is 24.6. The fourth-order valence-electron chi connectivity index (χ4n) is 2.51. The molecule has 1 aliphatic heterocycles. The molecule has 1 heterocycles. The van der Waals surface area contributed by atoms with E-state index in [1.807, 2.05) is 0 Å². The number of aliphatic hydroxyl groups is 1. The highest BCUT2D eigenvalue weighted by Crippen LogP contribution is 2.33. The van der Waals surface area contributed by atoms with Crippen LogP contribution in [-0.4, -0.2) is 35.9 Å². The van der Waals surface area contributed by atoms with Crippen molar-refractivity contribution >= 4 is 5.91 Å². The van der Waals surface area contributed by atoms with E-state index in [1.165, 1.54) is 12.8 Å². The molecule has 1 aliphatic carbocycles. The molecule has 0 bridgehead atoms. The predicted molar refractivity (Wildman–Crippen MR) is 69.6 cm³/mol. The van der Waals surface area contributed by atoms with Crippen LogP contribution < -0.4 is 16.4 Å². The van der Waals surface area contributed by atoms with Crippen molar-refractivity contribution < 1.29 is 9.90 Å². The van der Waals surface area contributed by atoms with Crippen molar-refractivity contribution in [1.82, 2.24) is 10.6 Å². The van der Waals surface area contributed by atoms with E-state index in [1.54, 1.807) is 0 Å². The summed E-state index contributed by atoms with van der Waals surface area (Å²) < 4.78 is 0. The average Bonchev–Trinajstić information content (AvgIpc) is 3.11. The smallest absolute Gasteiger partial charge is 0.223 e. The van der Waals surface area contributed by atoms with Gasteiger partial charge >= 0.3 is 0 Å². The zero-order valence-electron chi connectivity index (χ0n) is 11.0. The van der Waals surface area contributed by atoms with Crippen LogP contribution in [0.25, 0.3) is 0 Å². The number of carbonyl (C=O) groups is 1. The molecule has 0 spiro atoms. The lowest BCUT2D eigenvalue weighted by molar-refractivity contribution is -0.122. The topological polar surface area (TPSA) is 111 Å². The highest BCUT2D eigenvalue weighted by Gasteiger charge is 2.31. The van der Waals surface area contributed by atoms with Crippen molar-refractivity contribution in [3.63, 3.8) is 0 Å². The third-order valence-corrected chi connectivity index (χ3v) is 3.92. The number of rotatable bonds is 7. The zero-order chi connectivity index (χ0) is 13.8. The molecule has 4 atom stereocenters. The number of aliphatic hydroxyl groups excluding tert-OH is 1. The fraction of sp³-hybridized carbons (Fsp3) is 0.846. The molecule has 0 aromatic carbocycles. The fourth-order valence-corrected chi connectivity index (χ4v) is 2.51. The van der Waals surface area contributed by atoms with Crippen LogP contribution in [0.1, 0.15) is 32.1 Å². The maximum atomic E-state index is 11.5. The van der Waals surface area contributed by atoms with Crippen LogP contribution in [0, 0.1) is 23.2 Å². The van der Waals surface area contributed by atoms with Gasteiger partial charge in [-0.2, -0.15) is 5.26 Å². The molecule has 106 valence electrons. The molecule has 19 heavy (non-hydrogen) atoms. The van der Waals surface area contributed by atoms with E-state index in [-0.39, 0.29) is 17.9 Å². The number of carbonyl (C=O) groups excluding carboxylic acids is 1. The molecule has 5 N–H and O–H groups in total. The standard InChI is InChI=1S/C13H22N4O2/c14-7-10(6-9-3-4-16-12(9)18)17-13(19)11(15)5-8-1-2-8/h8-11,13,17,19H,1-6,15H2,(H,16,18)/t9-,10-,11-,13+/m0/s1. The number of nitrogens with two attached hydrogens (primary N) is 1. The van der Waals surface area contributed by atoms with Crippen molar-refractivity contribution in [2.75, 3.05) is 6.54 Å². The Bertz CT molecular complexity index is 364. The van der Waals surface area contributed by atoms with Gasteiger partial charge in [-0.3, -0.25) is 10.1 Å². The molecule has 6 nitrogen and oxygen atoms in total. The molecule has 2 aliphatic rings. The van der Waals surface area contributed by atoms with Gasteiger partial charge in [-0.05, 0) is 25.2 Å². The minimum atomic E-state index is -0.880. The van der Waals surface area contributed by atoms with Gasteiger partial charge in [-0.15, -0.1) is 0 Å². The Morgan fingerprint density at radius 2 is 2.21 bits per heavy atom. The Morgan fingerprint density at radius 1 is 1.47 bits per heavy atom. The molecule has 1 amide bonds. The van der Waals surface area contributed by atoms with Crippen LogP contribution in [-0.2, 0) is 4.79 Å². The first kappa shape index (κ1) is 14.3. The summed E-state index contributed by atoms with van der Waals surface area (Å²) in [7, 11) is 0. The summed E-state index contributed by atoms with van der Waals surface area (Å²) in [6, 6.07) is 1.22. The minimum absolute atomic E-state index is 0.00109. The molecule has 2 fully saturated rings. The third kappa shape index (κ3) is 4.16. The highest BCUT2D eigenvalue weighted by molar-refractivity contribution is 5.80. The van der Waals surface area contributed by atoms with Gasteiger partial charge in [0.2, 0.25) is 5.91 Å². The van der Waals surface area contributed by atoms with Crippen LogP contribution in [0.15, 0.2) is 0 Å². The van der Waals surface area contributed by atoms with E-state index in [9.17, 15) is 9.90 Å². The second kappa shape index (κ2) is 6.33. The number of hydrogen-bond donors (Lipinski definition) is 4. The number of nitriles is 1. The van der Waals surface area contributed by atoms with Gasteiger partial charge < -0.3 is 16.2 Å². The first-order valence-corrected chi connectivity index (χ1v) is 6.97. The molecule has 0 unspecified atom stereocenters. The monoisotopic (exact) mass is 266 g/mol. The summed E-state index contributed by atoms with van der Waals surface area (Å²) in [6.45, 7) is 0.672. The Hall–Kier alpha value is -1.16. The van der Waals surface area contributed by atoms with Gasteiger partial charge in [0, 0.05) is 18.5 Å². The van der Waals surface area contributed by atoms with Gasteiger partial charge in [0.25, 0.3) is 0 Å². The summed E-state index contributed by atoms with van der Waals surface area (Å²) in [5.41, 5.74) is 5.90. The maximum absolute atomic E-state index is 11.5. The van der Waals surface area contributed by atoms with E-state index in [0.717, 1.165) is 12.8 Å². The van der Waals surface area contributed by atoms with E-state index in [2.05, 4.69) is 16.7 Å². The molecule has 1 saturated carbocycles. The second-order valence-corrected chi connectivity index (χ2v) is 5.65. The molecule has 0 radical (unpaired) electrons. The quantitative estimate of drug-likeness (QED) is 0.462. The Morgan fingerprint density at radius 3 is 2.74 bits per heavy atom. The number of amides is 1. The van der Waals surface area contributed by atoms with Gasteiger partial charge in [-0.25, -0.2) is 0 Å².